The molecular weight excluding hydrogens is 294 g/mol. The van der Waals surface area contributed by atoms with Gasteiger partial charge in [0.2, 0.25) is 10.0 Å². The summed E-state index contributed by atoms with van der Waals surface area (Å²) in [5.74, 6) is -1.11. The molecule has 0 spiro atoms. The monoisotopic (exact) mass is 311 g/mol. The summed E-state index contributed by atoms with van der Waals surface area (Å²) in [5, 5.41) is 8.93. The Balaban J connectivity index is 2.30. The molecule has 7 heteroatoms. The van der Waals surface area contributed by atoms with E-state index >= 15 is 0 Å². The number of carboxylic acids is 1. The molecule has 114 valence electrons. The van der Waals surface area contributed by atoms with Crippen LogP contribution in [0.2, 0.25) is 0 Å². The number of carboxylic acid groups (broad SMARTS) is 1. The van der Waals surface area contributed by atoms with Gasteiger partial charge < -0.3 is 9.84 Å². The number of rotatable bonds is 5. The largest absolute Gasteiger partial charge is 0.495 e. The van der Waals surface area contributed by atoms with Crippen molar-refractivity contribution in [1.82, 2.24) is 4.72 Å². The van der Waals surface area contributed by atoms with Crippen molar-refractivity contribution in [3.05, 3.63) is 35.9 Å². The molecule has 0 heterocycles. The van der Waals surface area contributed by atoms with Crippen LogP contribution in [0.25, 0.3) is 0 Å². The SMILES string of the molecule is COc1cc(C(=O)O)ccc1S(=O)(=O)NC1CC=CCC1. The van der Waals surface area contributed by atoms with E-state index < -0.39 is 16.0 Å². The number of methoxy groups -OCH3 is 1. The van der Waals surface area contributed by atoms with E-state index in [0.29, 0.717) is 6.42 Å². The van der Waals surface area contributed by atoms with Crippen molar-refractivity contribution in [2.24, 2.45) is 0 Å². The summed E-state index contributed by atoms with van der Waals surface area (Å²) >= 11 is 0. The van der Waals surface area contributed by atoms with E-state index in [1.807, 2.05) is 12.2 Å². The minimum Gasteiger partial charge on any atom is -0.495 e. The lowest BCUT2D eigenvalue weighted by Gasteiger charge is -2.20. The number of ether oxygens (including phenoxy) is 1. The summed E-state index contributed by atoms with van der Waals surface area (Å²) < 4.78 is 32.4. The van der Waals surface area contributed by atoms with Crippen LogP contribution < -0.4 is 9.46 Å². The molecule has 1 unspecified atom stereocenters. The molecule has 6 nitrogen and oxygen atoms in total. The van der Waals surface area contributed by atoms with Crippen LogP contribution in [0.4, 0.5) is 0 Å². The molecule has 0 bridgehead atoms. The van der Waals surface area contributed by atoms with Crippen molar-refractivity contribution in [2.45, 2.75) is 30.2 Å². The van der Waals surface area contributed by atoms with Gasteiger partial charge in [-0.25, -0.2) is 17.9 Å². The Kier molecular flexibility index (Phi) is 4.64. The lowest BCUT2D eigenvalue weighted by atomic mass is 10.0. The highest BCUT2D eigenvalue weighted by atomic mass is 32.2. The number of allylic oxidation sites excluding steroid dienone is 1. The molecule has 1 aliphatic rings. The van der Waals surface area contributed by atoms with Gasteiger partial charge in [0.05, 0.1) is 12.7 Å². The highest BCUT2D eigenvalue weighted by Crippen LogP contribution is 2.26. The first kappa shape index (κ1) is 15.5. The highest BCUT2D eigenvalue weighted by molar-refractivity contribution is 7.89. The third kappa shape index (κ3) is 3.62. The van der Waals surface area contributed by atoms with Gasteiger partial charge in [0, 0.05) is 6.04 Å². The van der Waals surface area contributed by atoms with Crippen LogP contribution >= 0.6 is 0 Å². The number of benzene rings is 1. The topological polar surface area (TPSA) is 92.7 Å². The van der Waals surface area contributed by atoms with Crippen LogP contribution in [-0.4, -0.2) is 32.6 Å². The molecule has 0 radical (unpaired) electrons. The maximum atomic E-state index is 12.4. The molecule has 1 aliphatic carbocycles. The molecule has 1 atom stereocenters. The number of carbonyl (C=O) groups is 1. The highest BCUT2D eigenvalue weighted by Gasteiger charge is 2.24. The van der Waals surface area contributed by atoms with Crippen LogP contribution in [0, 0.1) is 0 Å². The Labute approximate surface area is 123 Å². The molecule has 1 aromatic rings. The maximum Gasteiger partial charge on any atom is 0.335 e. The van der Waals surface area contributed by atoms with Gasteiger partial charge in [-0.3, -0.25) is 0 Å². The average Bonchev–Trinajstić information content (AvgIpc) is 2.47. The fraction of sp³-hybridized carbons (Fsp3) is 0.357. The Hall–Kier alpha value is -1.86. The van der Waals surface area contributed by atoms with E-state index in [0.717, 1.165) is 12.8 Å². The second-order valence-electron chi connectivity index (χ2n) is 4.77. The van der Waals surface area contributed by atoms with Crippen molar-refractivity contribution in [1.29, 1.82) is 0 Å². The third-order valence-electron chi connectivity index (χ3n) is 3.29. The molecule has 21 heavy (non-hydrogen) atoms. The number of hydrogen-bond acceptors (Lipinski definition) is 4. The standard InChI is InChI=1S/C14H17NO5S/c1-20-12-9-10(14(16)17)7-8-13(12)21(18,19)15-11-5-3-2-4-6-11/h2-3,7-9,11,15H,4-6H2,1H3,(H,16,17). The Bertz CT molecular complexity index is 666. The number of hydrogen-bond donors (Lipinski definition) is 2. The molecule has 0 amide bonds. The van der Waals surface area contributed by atoms with E-state index in [-0.39, 0.29) is 22.3 Å². The van der Waals surface area contributed by atoms with Gasteiger partial charge >= 0.3 is 5.97 Å². The van der Waals surface area contributed by atoms with E-state index in [4.69, 9.17) is 9.84 Å². The van der Waals surface area contributed by atoms with Gasteiger partial charge in [0.25, 0.3) is 0 Å². The van der Waals surface area contributed by atoms with Gasteiger partial charge in [-0.15, -0.1) is 0 Å². The minimum atomic E-state index is -3.75. The molecule has 2 N–H and O–H groups in total. The van der Waals surface area contributed by atoms with Crippen LogP contribution in [0.15, 0.2) is 35.2 Å². The van der Waals surface area contributed by atoms with E-state index in [1.165, 1.54) is 25.3 Å². The zero-order valence-electron chi connectivity index (χ0n) is 11.6. The normalized spacial score (nSPS) is 18.4. The van der Waals surface area contributed by atoms with Crippen LogP contribution in [0.3, 0.4) is 0 Å². The lowest BCUT2D eigenvalue weighted by molar-refractivity contribution is 0.0696. The number of aromatic carboxylic acids is 1. The predicted molar refractivity (Wildman–Crippen MR) is 77.1 cm³/mol. The molecule has 1 aromatic carbocycles. The Morgan fingerprint density at radius 1 is 1.38 bits per heavy atom. The van der Waals surface area contributed by atoms with Crippen molar-refractivity contribution < 1.29 is 23.1 Å². The first-order chi connectivity index (χ1) is 9.94. The maximum absolute atomic E-state index is 12.4. The second-order valence-corrected chi connectivity index (χ2v) is 6.46. The summed E-state index contributed by atoms with van der Waals surface area (Å²) in [6.45, 7) is 0. The third-order valence-corrected chi connectivity index (χ3v) is 4.85. The predicted octanol–water partition coefficient (Wildman–Crippen LogP) is 1.78. The van der Waals surface area contributed by atoms with Crippen molar-refractivity contribution in [3.63, 3.8) is 0 Å². The van der Waals surface area contributed by atoms with E-state index in [2.05, 4.69) is 4.72 Å². The minimum absolute atomic E-state index is 0.0219. The van der Waals surface area contributed by atoms with Crippen LogP contribution in [0.1, 0.15) is 29.6 Å². The zero-order chi connectivity index (χ0) is 15.5. The molecule has 0 fully saturated rings. The van der Waals surface area contributed by atoms with Gasteiger partial charge in [-0.1, -0.05) is 12.2 Å². The summed E-state index contributed by atoms with van der Waals surface area (Å²) in [4.78, 5) is 10.9. The smallest absolute Gasteiger partial charge is 0.335 e. The fourth-order valence-electron chi connectivity index (χ4n) is 2.21. The van der Waals surface area contributed by atoms with E-state index in [1.54, 1.807) is 0 Å². The first-order valence-electron chi connectivity index (χ1n) is 6.52. The van der Waals surface area contributed by atoms with Gasteiger partial charge in [-0.05, 0) is 37.5 Å². The lowest BCUT2D eigenvalue weighted by Crippen LogP contribution is -2.35. The second kappa shape index (κ2) is 6.28. The van der Waals surface area contributed by atoms with Crippen molar-refractivity contribution >= 4 is 16.0 Å². The summed E-state index contributed by atoms with van der Waals surface area (Å²) in [7, 11) is -2.44. The Morgan fingerprint density at radius 3 is 2.71 bits per heavy atom. The van der Waals surface area contributed by atoms with Crippen molar-refractivity contribution in [3.8, 4) is 5.75 Å². The molecule has 0 aliphatic heterocycles. The fourth-order valence-corrected chi connectivity index (χ4v) is 3.64. The quantitative estimate of drug-likeness (QED) is 0.809. The summed E-state index contributed by atoms with van der Waals surface area (Å²) in [6.07, 6.45) is 6.19. The van der Waals surface area contributed by atoms with Gasteiger partial charge in [0.15, 0.2) is 0 Å². The molecule has 0 saturated heterocycles. The molecule has 0 aromatic heterocycles. The van der Waals surface area contributed by atoms with Gasteiger partial charge in [0.1, 0.15) is 10.6 Å². The van der Waals surface area contributed by atoms with Crippen molar-refractivity contribution in [2.75, 3.05) is 7.11 Å². The average molecular weight is 311 g/mol. The molecule has 0 saturated carbocycles. The number of sulfonamides is 1. The van der Waals surface area contributed by atoms with E-state index in [9.17, 15) is 13.2 Å². The molecule has 2 rings (SSSR count). The van der Waals surface area contributed by atoms with Crippen LogP contribution in [0.5, 0.6) is 5.75 Å². The number of nitrogens with one attached hydrogen (secondary N) is 1. The van der Waals surface area contributed by atoms with Crippen LogP contribution in [-0.2, 0) is 10.0 Å². The summed E-state index contributed by atoms with van der Waals surface area (Å²) in [6, 6.07) is 3.56. The molecular formula is C14H17NO5S. The Morgan fingerprint density at radius 2 is 2.14 bits per heavy atom. The first-order valence-corrected chi connectivity index (χ1v) is 8.01. The summed E-state index contributed by atoms with van der Waals surface area (Å²) in [5.41, 5.74) is -0.0219. The zero-order valence-corrected chi connectivity index (χ0v) is 12.4. The van der Waals surface area contributed by atoms with Gasteiger partial charge in [-0.2, -0.15) is 0 Å².